The van der Waals surface area contributed by atoms with Gasteiger partial charge >= 0.3 is 0 Å². The van der Waals surface area contributed by atoms with Gasteiger partial charge in [-0.3, -0.25) is 0 Å². The van der Waals surface area contributed by atoms with Crippen molar-refractivity contribution < 1.29 is 4.74 Å². The van der Waals surface area contributed by atoms with Crippen molar-refractivity contribution >= 4 is 5.82 Å². The van der Waals surface area contributed by atoms with E-state index in [1.165, 1.54) is 19.3 Å². The molecule has 0 atom stereocenters. The number of aromatic nitrogens is 2. The highest BCUT2D eigenvalue weighted by molar-refractivity contribution is 5.52. The van der Waals surface area contributed by atoms with Gasteiger partial charge in [-0.05, 0) is 19.3 Å². The Labute approximate surface area is 76.3 Å². The van der Waals surface area contributed by atoms with Crippen LogP contribution in [0.5, 0.6) is 5.75 Å². The third kappa shape index (κ3) is 0.978. The van der Waals surface area contributed by atoms with Gasteiger partial charge in [-0.2, -0.15) is 0 Å². The third-order valence-corrected chi connectivity index (χ3v) is 2.88. The third-order valence-electron chi connectivity index (χ3n) is 2.88. The van der Waals surface area contributed by atoms with E-state index in [9.17, 15) is 0 Å². The minimum Gasteiger partial charge on any atom is -0.486 e. The van der Waals surface area contributed by atoms with Crippen LogP contribution in [-0.4, -0.2) is 22.1 Å². The predicted molar refractivity (Wildman–Crippen MR) is 47.7 cm³/mol. The van der Waals surface area contributed by atoms with Gasteiger partial charge < -0.3 is 10.1 Å². The first-order valence-corrected chi connectivity index (χ1v) is 4.59. The normalized spacial score (nSPS) is 22.5. The first kappa shape index (κ1) is 7.12. The summed E-state index contributed by atoms with van der Waals surface area (Å²) in [6, 6.07) is 0. The van der Waals surface area contributed by atoms with E-state index >= 15 is 0 Å². The quantitative estimate of drug-likeness (QED) is 0.647. The maximum absolute atomic E-state index is 5.59. The summed E-state index contributed by atoms with van der Waals surface area (Å²) in [7, 11) is 0. The lowest BCUT2D eigenvalue weighted by Gasteiger charge is -2.45. The zero-order chi connectivity index (χ0) is 8.73. The van der Waals surface area contributed by atoms with Crippen molar-refractivity contribution in [2.45, 2.75) is 24.8 Å². The summed E-state index contributed by atoms with van der Waals surface area (Å²) in [6.07, 6.45) is 6.93. The summed E-state index contributed by atoms with van der Waals surface area (Å²) in [5.41, 5.74) is 0.182. The van der Waals surface area contributed by atoms with E-state index < -0.39 is 0 Å². The fourth-order valence-corrected chi connectivity index (χ4v) is 1.89. The Morgan fingerprint density at radius 2 is 2.38 bits per heavy atom. The van der Waals surface area contributed by atoms with Gasteiger partial charge in [0.2, 0.25) is 0 Å². The lowest BCUT2D eigenvalue weighted by molar-refractivity contribution is 0.146. The van der Waals surface area contributed by atoms with Crippen LogP contribution in [0.3, 0.4) is 0 Å². The molecule has 0 aromatic carbocycles. The zero-order valence-corrected chi connectivity index (χ0v) is 7.29. The van der Waals surface area contributed by atoms with Crippen molar-refractivity contribution in [1.29, 1.82) is 0 Å². The van der Waals surface area contributed by atoms with Gasteiger partial charge in [-0.25, -0.2) is 9.97 Å². The van der Waals surface area contributed by atoms with Crippen molar-refractivity contribution in [2.75, 3.05) is 11.9 Å². The molecule has 1 aliphatic carbocycles. The van der Waals surface area contributed by atoms with Gasteiger partial charge in [0, 0.05) is 0 Å². The highest BCUT2D eigenvalue weighted by Gasteiger charge is 2.41. The topological polar surface area (TPSA) is 47.0 Å². The highest BCUT2D eigenvalue weighted by atomic mass is 16.5. The maximum atomic E-state index is 5.59. The van der Waals surface area contributed by atoms with Gasteiger partial charge in [0.15, 0.2) is 11.6 Å². The second kappa shape index (κ2) is 2.34. The fourth-order valence-electron chi connectivity index (χ4n) is 1.89. The molecule has 0 saturated heterocycles. The molecule has 1 aromatic heterocycles. The number of anilines is 1. The molecule has 1 fully saturated rings. The lowest BCUT2D eigenvalue weighted by atomic mass is 9.77. The number of hydrogen-bond donors (Lipinski definition) is 1. The molecule has 2 heterocycles. The largest absolute Gasteiger partial charge is 0.486 e. The maximum Gasteiger partial charge on any atom is 0.179 e. The standard InChI is InChI=1S/C9H11N3O/c1-2-9(3-1)5-13-7-4-10-6-11-8(7)12-9/h4,6H,1-3,5H2,(H,10,11,12). The second-order valence-corrected chi connectivity index (χ2v) is 3.78. The summed E-state index contributed by atoms with van der Waals surface area (Å²) in [5.74, 6) is 1.63. The average molecular weight is 177 g/mol. The number of ether oxygens (including phenoxy) is 1. The Balaban J connectivity index is 1.94. The molecule has 4 nitrogen and oxygen atoms in total. The van der Waals surface area contributed by atoms with E-state index in [4.69, 9.17) is 4.74 Å². The van der Waals surface area contributed by atoms with Crippen LogP contribution >= 0.6 is 0 Å². The summed E-state index contributed by atoms with van der Waals surface area (Å²) in [4.78, 5) is 8.06. The van der Waals surface area contributed by atoms with Gasteiger partial charge in [-0.1, -0.05) is 0 Å². The number of hydrogen-bond acceptors (Lipinski definition) is 4. The Hall–Kier alpha value is -1.32. The van der Waals surface area contributed by atoms with Crippen LogP contribution < -0.4 is 10.1 Å². The Morgan fingerprint density at radius 3 is 3.15 bits per heavy atom. The van der Waals surface area contributed by atoms with Gasteiger partial charge in [0.05, 0.1) is 11.7 Å². The SMILES string of the molecule is c1ncc2c(n1)NC1(CCC1)CO2. The highest BCUT2D eigenvalue weighted by Crippen LogP contribution is 2.40. The first-order chi connectivity index (χ1) is 6.38. The summed E-state index contributed by atoms with van der Waals surface area (Å²) in [6.45, 7) is 0.757. The molecule has 0 bridgehead atoms. The Kier molecular flexibility index (Phi) is 1.28. The number of rotatable bonds is 0. The molecule has 1 spiro atoms. The van der Waals surface area contributed by atoms with Gasteiger partial charge in [0.1, 0.15) is 12.9 Å². The van der Waals surface area contributed by atoms with Crippen LogP contribution in [0, 0.1) is 0 Å². The van der Waals surface area contributed by atoms with Crippen molar-refractivity contribution in [1.82, 2.24) is 9.97 Å². The van der Waals surface area contributed by atoms with E-state index in [-0.39, 0.29) is 5.54 Å². The van der Waals surface area contributed by atoms with Gasteiger partial charge in [-0.15, -0.1) is 0 Å². The van der Waals surface area contributed by atoms with E-state index in [1.54, 1.807) is 12.5 Å². The number of nitrogens with zero attached hydrogens (tertiary/aromatic N) is 2. The second-order valence-electron chi connectivity index (χ2n) is 3.78. The van der Waals surface area contributed by atoms with Crippen molar-refractivity contribution in [3.63, 3.8) is 0 Å². The molecule has 0 unspecified atom stereocenters. The van der Waals surface area contributed by atoms with Gasteiger partial charge in [0.25, 0.3) is 0 Å². The molecule has 0 amide bonds. The smallest absolute Gasteiger partial charge is 0.179 e. The number of nitrogens with one attached hydrogen (secondary N) is 1. The molecule has 13 heavy (non-hydrogen) atoms. The molecule has 0 radical (unpaired) electrons. The van der Waals surface area contributed by atoms with E-state index in [0.717, 1.165) is 18.2 Å². The lowest BCUT2D eigenvalue weighted by Crippen LogP contribution is -2.52. The van der Waals surface area contributed by atoms with E-state index in [2.05, 4.69) is 15.3 Å². The van der Waals surface area contributed by atoms with Crippen molar-refractivity contribution in [3.05, 3.63) is 12.5 Å². The minimum absolute atomic E-state index is 0.182. The van der Waals surface area contributed by atoms with E-state index in [0.29, 0.717) is 0 Å². The summed E-state index contributed by atoms with van der Waals surface area (Å²) in [5, 5.41) is 3.43. The molecule has 3 rings (SSSR count). The molecule has 2 aliphatic rings. The summed E-state index contributed by atoms with van der Waals surface area (Å²) < 4.78 is 5.59. The number of fused-ring (bicyclic) bond motifs is 1. The van der Waals surface area contributed by atoms with Crippen LogP contribution in [0.25, 0.3) is 0 Å². The Morgan fingerprint density at radius 1 is 1.46 bits per heavy atom. The van der Waals surface area contributed by atoms with Crippen molar-refractivity contribution in [3.8, 4) is 5.75 Å². The van der Waals surface area contributed by atoms with Crippen LogP contribution in [-0.2, 0) is 0 Å². The molecular weight excluding hydrogens is 166 g/mol. The monoisotopic (exact) mass is 177 g/mol. The molecule has 4 heteroatoms. The molecular formula is C9H11N3O. The van der Waals surface area contributed by atoms with Crippen LogP contribution in [0.1, 0.15) is 19.3 Å². The average Bonchev–Trinajstić information content (AvgIpc) is 2.15. The Bertz CT molecular complexity index is 335. The fraction of sp³-hybridized carbons (Fsp3) is 0.556. The minimum atomic E-state index is 0.182. The zero-order valence-electron chi connectivity index (χ0n) is 7.29. The molecule has 1 N–H and O–H groups in total. The summed E-state index contributed by atoms with van der Waals surface area (Å²) >= 11 is 0. The van der Waals surface area contributed by atoms with Crippen molar-refractivity contribution in [2.24, 2.45) is 0 Å². The molecule has 68 valence electrons. The first-order valence-electron chi connectivity index (χ1n) is 4.59. The molecule has 1 aliphatic heterocycles. The van der Waals surface area contributed by atoms with Crippen LogP contribution in [0.4, 0.5) is 5.82 Å². The molecule has 1 aromatic rings. The van der Waals surface area contributed by atoms with E-state index in [1.807, 2.05) is 0 Å². The van der Waals surface area contributed by atoms with Crippen LogP contribution in [0.2, 0.25) is 0 Å². The van der Waals surface area contributed by atoms with Crippen LogP contribution in [0.15, 0.2) is 12.5 Å². The molecule has 1 saturated carbocycles. The predicted octanol–water partition coefficient (Wildman–Crippen LogP) is 1.20.